The normalized spacial score (nSPS) is 11.7. The van der Waals surface area contributed by atoms with Gasteiger partial charge in [-0.25, -0.2) is 0 Å². The summed E-state index contributed by atoms with van der Waals surface area (Å²) in [5.41, 5.74) is 0. The van der Waals surface area contributed by atoms with E-state index in [1.54, 1.807) is 0 Å². The van der Waals surface area contributed by atoms with E-state index < -0.39 is 8.56 Å². The minimum absolute atomic E-state index is 0.760. The molecule has 1 aromatic rings. The van der Waals surface area contributed by atoms with Gasteiger partial charge in [-0.2, -0.15) is 0 Å². The van der Waals surface area contributed by atoms with Gasteiger partial charge in [0.25, 0.3) is 0 Å². The minimum Gasteiger partial charge on any atom is -0.391 e. The van der Waals surface area contributed by atoms with Crippen LogP contribution in [0.3, 0.4) is 0 Å². The van der Waals surface area contributed by atoms with Crippen molar-refractivity contribution in [3.8, 4) is 0 Å². The fourth-order valence-corrected chi connectivity index (χ4v) is 6.02. The lowest BCUT2D eigenvalue weighted by Crippen LogP contribution is -2.56. The second-order valence-corrected chi connectivity index (χ2v) is 8.56. The van der Waals surface area contributed by atoms with Gasteiger partial charge in [0.1, 0.15) is 0 Å². The van der Waals surface area contributed by atoms with E-state index in [0.29, 0.717) is 0 Å². The van der Waals surface area contributed by atoms with Crippen molar-refractivity contribution in [2.45, 2.75) is 26.7 Å². The third-order valence-electron chi connectivity index (χ3n) is 2.47. The average Bonchev–Trinajstić information content (AvgIpc) is 2.41. The Morgan fingerprint density at radius 3 is 1.94 bits per heavy atom. The maximum Gasteiger partial charge on any atom is 0.383 e. The summed E-state index contributed by atoms with van der Waals surface area (Å²) in [6, 6.07) is 10.3. The molecular formula is C13H21BrO2Si. The molecule has 1 rings (SSSR count). The van der Waals surface area contributed by atoms with Gasteiger partial charge in [-0.05, 0) is 18.0 Å². The van der Waals surface area contributed by atoms with Crippen LogP contribution in [0.15, 0.2) is 30.3 Å². The number of hydrogen-bond acceptors (Lipinski definition) is 2. The van der Waals surface area contributed by atoms with Gasteiger partial charge < -0.3 is 8.85 Å². The highest BCUT2D eigenvalue weighted by molar-refractivity contribution is 9.09. The lowest BCUT2D eigenvalue weighted by molar-refractivity contribution is 0.185. The van der Waals surface area contributed by atoms with Crippen LogP contribution in [0.4, 0.5) is 0 Å². The highest BCUT2D eigenvalue weighted by Gasteiger charge is 2.38. The molecule has 96 valence electrons. The molecule has 1 aromatic carbocycles. The maximum absolute atomic E-state index is 6.09. The molecule has 0 heterocycles. The van der Waals surface area contributed by atoms with Gasteiger partial charge in [0.2, 0.25) is 0 Å². The van der Waals surface area contributed by atoms with Crippen LogP contribution in [0.5, 0.6) is 0 Å². The van der Waals surface area contributed by atoms with Crippen LogP contribution < -0.4 is 5.19 Å². The Bertz CT molecular complexity index is 298. The molecule has 0 unspecified atom stereocenters. The van der Waals surface area contributed by atoms with Crippen LogP contribution >= 0.6 is 15.9 Å². The molecule has 0 spiro atoms. The van der Waals surface area contributed by atoms with Crippen molar-refractivity contribution < 1.29 is 8.85 Å². The van der Waals surface area contributed by atoms with Crippen molar-refractivity contribution in [1.82, 2.24) is 0 Å². The third kappa shape index (κ3) is 4.21. The van der Waals surface area contributed by atoms with Crippen molar-refractivity contribution in [3.63, 3.8) is 0 Å². The van der Waals surface area contributed by atoms with E-state index in [1.165, 1.54) is 5.19 Å². The van der Waals surface area contributed by atoms with Crippen LogP contribution in [0.25, 0.3) is 0 Å². The topological polar surface area (TPSA) is 18.5 Å². The summed E-state index contributed by atoms with van der Waals surface area (Å²) in [6.07, 6.45) is 2.04. The Kier molecular flexibility index (Phi) is 7.04. The summed E-state index contributed by atoms with van der Waals surface area (Å²) >= 11 is 3.58. The van der Waals surface area contributed by atoms with Crippen LogP contribution in [0, 0.1) is 0 Å². The zero-order valence-electron chi connectivity index (χ0n) is 10.6. The van der Waals surface area contributed by atoms with E-state index in [0.717, 1.165) is 31.0 Å². The van der Waals surface area contributed by atoms with Gasteiger partial charge in [0, 0.05) is 13.2 Å². The molecule has 0 aliphatic rings. The lowest BCUT2D eigenvalue weighted by atomic mass is 10.4. The summed E-state index contributed by atoms with van der Waals surface area (Å²) in [4.78, 5) is 0.782. The number of halogens is 1. The Balaban J connectivity index is 2.89. The van der Waals surface area contributed by atoms with E-state index in [2.05, 4.69) is 41.9 Å². The Morgan fingerprint density at radius 1 is 1.00 bits per heavy atom. The standard InChI is InChI=1S/C13H21BrO2Si/c1-3-10-15-17(12-14,16-11-4-2)13-8-6-5-7-9-13/h5-9H,3-4,10-12H2,1-2H3. The number of benzene rings is 1. The molecule has 0 amide bonds. The first-order chi connectivity index (χ1) is 8.29. The van der Waals surface area contributed by atoms with Gasteiger partial charge >= 0.3 is 8.56 Å². The molecule has 0 N–H and O–H groups in total. The Hall–Kier alpha value is -0.163. The first-order valence-corrected chi connectivity index (χ1v) is 9.33. The summed E-state index contributed by atoms with van der Waals surface area (Å²) < 4.78 is 12.2. The van der Waals surface area contributed by atoms with E-state index >= 15 is 0 Å². The van der Waals surface area contributed by atoms with E-state index in [9.17, 15) is 0 Å². The Labute approximate surface area is 114 Å². The summed E-state index contributed by atoms with van der Waals surface area (Å²) in [5, 5.41) is 1.21. The molecular weight excluding hydrogens is 296 g/mol. The smallest absolute Gasteiger partial charge is 0.383 e. The summed E-state index contributed by atoms with van der Waals surface area (Å²) in [7, 11) is -2.27. The number of alkyl halides is 1. The monoisotopic (exact) mass is 316 g/mol. The molecule has 0 aliphatic carbocycles. The van der Waals surface area contributed by atoms with Crippen molar-refractivity contribution in [2.24, 2.45) is 0 Å². The second kappa shape index (κ2) is 8.03. The molecule has 0 bridgehead atoms. The molecule has 0 fully saturated rings. The molecule has 0 saturated carbocycles. The minimum atomic E-state index is -2.27. The van der Waals surface area contributed by atoms with Gasteiger partial charge in [-0.1, -0.05) is 60.1 Å². The zero-order chi connectivity index (χ0) is 12.6. The molecule has 2 nitrogen and oxygen atoms in total. The molecule has 17 heavy (non-hydrogen) atoms. The van der Waals surface area contributed by atoms with Crippen LogP contribution in [-0.2, 0) is 8.85 Å². The quantitative estimate of drug-likeness (QED) is 0.542. The highest BCUT2D eigenvalue weighted by Crippen LogP contribution is 2.13. The summed E-state index contributed by atoms with van der Waals surface area (Å²) in [5.74, 6) is 0. The van der Waals surface area contributed by atoms with E-state index in [4.69, 9.17) is 8.85 Å². The first kappa shape index (κ1) is 14.9. The maximum atomic E-state index is 6.09. The van der Waals surface area contributed by atoms with Crippen LogP contribution in [0.2, 0.25) is 0 Å². The third-order valence-corrected chi connectivity index (χ3v) is 7.59. The second-order valence-electron chi connectivity index (χ2n) is 3.95. The zero-order valence-corrected chi connectivity index (χ0v) is 13.2. The van der Waals surface area contributed by atoms with Crippen molar-refractivity contribution in [2.75, 3.05) is 18.2 Å². The van der Waals surface area contributed by atoms with Crippen LogP contribution in [0.1, 0.15) is 26.7 Å². The number of rotatable bonds is 8. The molecule has 0 atom stereocenters. The summed E-state index contributed by atoms with van der Waals surface area (Å²) in [6.45, 7) is 5.77. The SMILES string of the molecule is CCCO[Si](CBr)(OCCC)c1ccccc1. The Morgan fingerprint density at radius 2 is 1.53 bits per heavy atom. The van der Waals surface area contributed by atoms with Crippen LogP contribution in [-0.4, -0.2) is 26.7 Å². The fraction of sp³-hybridized carbons (Fsp3) is 0.538. The molecule has 0 saturated heterocycles. The van der Waals surface area contributed by atoms with Gasteiger partial charge in [0.05, 0.1) is 4.95 Å². The van der Waals surface area contributed by atoms with Crippen molar-refractivity contribution in [1.29, 1.82) is 0 Å². The molecule has 4 heteroatoms. The van der Waals surface area contributed by atoms with Gasteiger partial charge in [0.15, 0.2) is 0 Å². The fourth-order valence-electron chi connectivity index (χ4n) is 1.59. The number of hydrogen-bond donors (Lipinski definition) is 0. The van der Waals surface area contributed by atoms with Gasteiger partial charge in [-0.15, -0.1) is 0 Å². The van der Waals surface area contributed by atoms with E-state index in [1.807, 2.05) is 18.2 Å². The average molecular weight is 317 g/mol. The van der Waals surface area contributed by atoms with Crippen molar-refractivity contribution >= 4 is 29.7 Å². The van der Waals surface area contributed by atoms with Gasteiger partial charge in [-0.3, -0.25) is 0 Å². The largest absolute Gasteiger partial charge is 0.391 e. The molecule has 0 aliphatic heterocycles. The molecule has 0 radical (unpaired) electrons. The van der Waals surface area contributed by atoms with E-state index in [-0.39, 0.29) is 0 Å². The molecule has 0 aromatic heterocycles. The predicted molar refractivity (Wildman–Crippen MR) is 78.1 cm³/mol. The van der Waals surface area contributed by atoms with Crippen molar-refractivity contribution in [3.05, 3.63) is 30.3 Å². The predicted octanol–water partition coefficient (Wildman–Crippen LogP) is 3.12. The lowest BCUT2D eigenvalue weighted by Gasteiger charge is -2.29. The highest BCUT2D eigenvalue weighted by atomic mass is 79.9. The first-order valence-electron chi connectivity index (χ1n) is 6.18.